The molecule has 4 nitrogen and oxygen atoms in total. The molecule has 0 aliphatic rings. The molecule has 2 N–H and O–H groups in total. The Kier molecular flexibility index (Phi) is 3.23. The van der Waals surface area contributed by atoms with Crippen LogP contribution in [-0.2, 0) is 9.59 Å². The summed E-state index contributed by atoms with van der Waals surface area (Å²) in [5.41, 5.74) is 0.877. The molecule has 0 aliphatic carbocycles. The predicted molar refractivity (Wildman–Crippen MR) is 50.6 cm³/mol. The number of amides is 1. The Bertz CT molecular complexity index is 334. The van der Waals surface area contributed by atoms with Gasteiger partial charge in [0.05, 0.1) is 6.04 Å². The highest BCUT2D eigenvalue weighted by Crippen LogP contribution is 2.10. The van der Waals surface area contributed by atoms with Gasteiger partial charge in [-0.25, -0.2) is 4.79 Å². The highest BCUT2D eigenvalue weighted by Gasteiger charge is 2.14. The van der Waals surface area contributed by atoms with Gasteiger partial charge in [0.2, 0.25) is 0 Å². The van der Waals surface area contributed by atoms with Crippen LogP contribution in [0.25, 0.3) is 0 Å². The van der Waals surface area contributed by atoms with E-state index in [0.29, 0.717) is 0 Å². The van der Waals surface area contributed by atoms with Crippen LogP contribution in [0, 0.1) is 0 Å². The second-order valence-corrected chi connectivity index (χ2v) is 2.91. The zero-order valence-electron chi connectivity index (χ0n) is 7.73. The molecule has 1 amide bonds. The summed E-state index contributed by atoms with van der Waals surface area (Å²) < 4.78 is 0. The van der Waals surface area contributed by atoms with E-state index in [1.807, 2.05) is 30.3 Å². The second-order valence-electron chi connectivity index (χ2n) is 2.91. The Morgan fingerprint density at radius 2 is 1.86 bits per heavy atom. The SMILES string of the molecule is CC(NC(=O)C(=O)O)c1ccccc1. The fourth-order valence-corrected chi connectivity index (χ4v) is 1.08. The van der Waals surface area contributed by atoms with Crippen molar-refractivity contribution in [2.24, 2.45) is 0 Å². The van der Waals surface area contributed by atoms with Crippen LogP contribution < -0.4 is 5.32 Å². The Morgan fingerprint density at radius 1 is 1.29 bits per heavy atom. The number of nitrogens with one attached hydrogen (secondary N) is 1. The van der Waals surface area contributed by atoms with E-state index in [0.717, 1.165) is 5.56 Å². The maximum atomic E-state index is 10.8. The van der Waals surface area contributed by atoms with Crippen LogP contribution in [0.3, 0.4) is 0 Å². The molecule has 0 saturated carbocycles. The van der Waals surface area contributed by atoms with Gasteiger partial charge in [0.1, 0.15) is 0 Å². The third-order valence-corrected chi connectivity index (χ3v) is 1.84. The standard InChI is InChI=1S/C10H11NO3/c1-7(11-9(12)10(13)14)8-5-3-2-4-6-8/h2-7H,1H3,(H,11,12)(H,13,14). The maximum absolute atomic E-state index is 10.8. The lowest BCUT2D eigenvalue weighted by Gasteiger charge is -2.11. The van der Waals surface area contributed by atoms with Crippen LogP contribution >= 0.6 is 0 Å². The van der Waals surface area contributed by atoms with Gasteiger partial charge < -0.3 is 10.4 Å². The summed E-state index contributed by atoms with van der Waals surface area (Å²) in [6, 6.07) is 8.88. The van der Waals surface area contributed by atoms with Gasteiger partial charge in [-0.3, -0.25) is 4.79 Å². The van der Waals surface area contributed by atoms with Gasteiger partial charge in [-0.15, -0.1) is 0 Å². The van der Waals surface area contributed by atoms with Crippen LogP contribution in [0.5, 0.6) is 0 Å². The number of hydrogen-bond acceptors (Lipinski definition) is 2. The molecular formula is C10H11NO3. The molecule has 4 heteroatoms. The van der Waals surface area contributed by atoms with E-state index in [9.17, 15) is 9.59 Å². The summed E-state index contributed by atoms with van der Waals surface area (Å²) in [4.78, 5) is 21.1. The summed E-state index contributed by atoms with van der Waals surface area (Å²) in [7, 11) is 0. The first-order valence-electron chi connectivity index (χ1n) is 4.20. The smallest absolute Gasteiger partial charge is 0.394 e. The molecule has 0 bridgehead atoms. The zero-order chi connectivity index (χ0) is 10.6. The summed E-state index contributed by atoms with van der Waals surface area (Å²) in [6.45, 7) is 1.73. The van der Waals surface area contributed by atoms with Crippen molar-refractivity contribution in [2.45, 2.75) is 13.0 Å². The molecule has 1 unspecified atom stereocenters. The normalized spacial score (nSPS) is 11.8. The molecular weight excluding hydrogens is 182 g/mol. The summed E-state index contributed by atoms with van der Waals surface area (Å²) in [6.07, 6.45) is 0. The molecule has 0 spiro atoms. The lowest BCUT2D eigenvalue weighted by Crippen LogP contribution is -2.32. The van der Waals surface area contributed by atoms with Crippen LogP contribution in [0.15, 0.2) is 30.3 Å². The number of aliphatic carboxylic acids is 1. The summed E-state index contributed by atoms with van der Waals surface area (Å²) in [5.74, 6) is -2.45. The Hall–Kier alpha value is -1.84. The lowest BCUT2D eigenvalue weighted by molar-refractivity contribution is -0.150. The van der Waals surface area contributed by atoms with Gasteiger partial charge in [-0.05, 0) is 12.5 Å². The molecule has 0 fully saturated rings. The average Bonchev–Trinajstić information content (AvgIpc) is 2.19. The van der Waals surface area contributed by atoms with Crippen LogP contribution in [0.1, 0.15) is 18.5 Å². The minimum atomic E-state index is -1.47. The number of carboxylic acid groups (broad SMARTS) is 1. The largest absolute Gasteiger partial charge is 0.474 e. The lowest BCUT2D eigenvalue weighted by atomic mass is 10.1. The number of benzene rings is 1. The molecule has 1 atom stereocenters. The van der Waals surface area contributed by atoms with E-state index < -0.39 is 11.9 Å². The Balaban J connectivity index is 2.64. The third kappa shape index (κ3) is 2.58. The second kappa shape index (κ2) is 4.41. The summed E-state index contributed by atoms with van der Waals surface area (Å²) in [5, 5.41) is 10.7. The van der Waals surface area contributed by atoms with Gasteiger partial charge in [0, 0.05) is 0 Å². The average molecular weight is 193 g/mol. The van der Waals surface area contributed by atoms with Crippen molar-refractivity contribution in [1.29, 1.82) is 0 Å². The minimum Gasteiger partial charge on any atom is -0.474 e. The fourth-order valence-electron chi connectivity index (χ4n) is 1.08. The van der Waals surface area contributed by atoms with Crippen molar-refractivity contribution in [3.8, 4) is 0 Å². The van der Waals surface area contributed by atoms with Gasteiger partial charge in [0.15, 0.2) is 0 Å². The molecule has 0 aromatic heterocycles. The molecule has 14 heavy (non-hydrogen) atoms. The number of hydrogen-bond donors (Lipinski definition) is 2. The highest BCUT2D eigenvalue weighted by atomic mass is 16.4. The highest BCUT2D eigenvalue weighted by molar-refractivity contribution is 6.31. The van der Waals surface area contributed by atoms with Crippen molar-refractivity contribution in [3.63, 3.8) is 0 Å². The predicted octanol–water partition coefficient (Wildman–Crippen LogP) is 0.948. The van der Waals surface area contributed by atoms with Gasteiger partial charge in [-0.1, -0.05) is 30.3 Å². The van der Waals surface area contributed by atoms with E-state index in [1.165, 1.54) is 0 Å². The van der Waals surface area contributed by atoms with Gasteiger partial charge >= 0.3 is 11.9 Å². The number of carboxylic acids is 1. The minimum absolute atomic E-state index is 0.292. The first-order chi connectivity index (χ1) is 6.61. The number of carbonyl (C=O) groups is 2. The van der Waals surface area contributed by atoms with E-state index in [-0.39, 0.29) is 6.04 Å². The van der Waals surface area contributed by atoms with Crippen molar-refractivity contribution < 1.29 is 14.7 Å². The molecule has 0 aliphatic heterocycles. The molecule has 0 heterocycles. The van der Waals surface area contributed by atoms with Crippen molar-refractivity contribution >= 4 is 11.9 Å². The monoisotopic (exact) mass is 193 g/mol. The van der Waals surface area contributed by atoms with E-state index in [2.05, 4.69) is 5.32 Å². The van der Waals surface area contributed by atoms with E-state index >= 15 is 0 Å². The molecule has 1 aromatic carbocycles. The summed E-state index contributed by atoms with van der Waals surface area (Å²) >= 11 is 0. The molecule has 74 valence electrons. The molecule has 0 radical (unpaired) electrons. The first kappa shape index (κ1) is 10.2. The van der Waals surface area contributed by atoms with E-state index in [1.54, 1.807) is 6.92 Å². The van der Waals surface area contributed by atoms with Crippen molar-refractivity contribution in [1.82, 2.24) is 5.32 Å². The Labute approximate surface area is 81.6 Å². The van der Waals surface area contributed by atoms with Crippen LogP contribution in [0.2, 0.25) is 0 Å². The molecule has 1 rings (SSSR count). The topological polar surface area (TPSA) is 66.4 Å². The van der Waals surface area contributed by atoms with Crippen molar-refractivity contribution in [2.75, 3.05) is 0 Å². The first-order valence-corrected chi connectivity index (χ1v) is 4.20. The zero-order valence-corrected chi connectivity index (χ0v) is 7.73. The Morgan fingerprint density at radius 3 is 2.36 bits per heavy atom. The maximum Gasteiger partial charge on any atom is 0.394 e. The van der Waals surface area contributed by atoms with Crippen molar-refractivity contribution in [3.05, 3.63) is 35.9 Å². The van der Waals surface area contributed by atoms with E-state index in [4.69, 9.17) is 5.11 Å². The number of rotatable bonds is 2. The van der Waals surface area contributed by atoms with Crippen LogP contribution in [-0.4, -0.2) is 17.0 Å². The fraction of sp³-hybridized carbons (Fsp3) is 0.200. The van der Waals surface area contributed by atoms with Gasteiger partial charge in [0.25, 0.3) is 0 Å². The van der Waals surface area contributed by atoms with Gasteiger partial charge in [-0.2, -0.15) is 0 Å². The quantitative estimate of drug-likeness (QED) is 0.687. The number of carbonyl (C=O) groups excluding carboxylic acids is 1. The molecule has 0 saturated heterocycles. The third-order valence-electron chi connectivity index (χ3n) is 1.84. The van der Waals surface area contributed by atoms with Crippen LogP contribution in [0.4, 0.5) is 0 Å². The molecule has 1 aromatic rings.